The molecule has 0 aliphatic carbocycles. The van der Waals surface area contributed by atoms with Crippen molar-refractivity contribution in [1.29, 1.82) is 5.26 Å². The summed E-state index contributed by atoms with van der Waals surface area (Å²) in [5.41, 5.74) is 7.72. The van der Waals surface area contributed by atoms with Crippen LogP contribution in [0.5, 0.6) is 0 Å². The molecule has 0 radical (unpaired) electrons. The average molecular weight is 334 g/mol. The first-order valence-electron chi connectivity index (χ1n) is 7.71. The maximum absolute atomic E-state index is 12.3. The second-order valence-corrected chi connectivity index (χ2v) is 5.96. The molecule has 0 fully saturated rings. The van der Waals surface area contributed by atoms with Gasteiger partial charge >= 0.3 is 0 Å². The summed E-state index contributed by atoms with van der Waals surface area (Å²) in [6, 6.07) is 11.2. The van der Waals surface area contributed by atoms with E-state index in [-0.39, 0.29) is 18.3 Å². The van der Waals surface area contributed by atoms with Gasteiger partial charge < -0.3 is 5.73 Å². The van der Waals surface area contributed by atoms with Gasteiger partial charge in [-0.15, -0.1) is 6.58 Å². The van der Waals surface area contributed by atoms with E-state index in [0.29, 0.717) is 17.0 Å². The van der Waals surface area contributed by atoms with E-state index >= 15 is 0 Å². The van der Waals surface area contributed by atoms with E-state index in [0.717, 1.165) is 5.56 Å². The molecule has 25 heavy (non-hydrogen) atoms. The lowest BCUT2D eigenvalue weighted by Gasteiger charge is -2.33. The number of carbonyl (C=O) groups excluding carboxylic acids is 1. The normalized spacial score (nSPS) is 20.1. The van der Waals surface area contributed by atoms with Gasteiger partial charge in [0.2, 0.25) is 5.91 Å². The Labute approximate surface area is 145 Å². The molecule has 7 nitrogen and oxygen atoms in total. The number of aliphatic imine (C=N–C) groups is 1. The Bertz CT molecular complexity index is 935. The van der Waals surface area contributed by atoms with Crippen LogP contribution in [0, 0.1) is 11.3 Å². The van der Waals surface area contributed by atoms with Gasteiger partial charge in [0.05, 0.1) is 29.4 Å². The Hall–Kier alpha value is -3.40. The summed E-state index contributed by atoms with van der Waals surface area (Å²) in [6.07, 6.45) is 1.75. The minimum Gasteiger partial charge on any atom is -0.369 e. The third-order valence-corrected chi connectivity index (χ3v) is 4.40. The minimum atomic E-state index is -0.958. The highest BCUT2D eigenvalue weighted by atomic mass is 16.2. The van der Waals surface area contributed by atoms with Crippen LogP contribution < -0.4 is 5.73 Å². The van der Waals surface area contributed by atoms with E-state index in [1.54, 1.807) is 43.1 Å². The third kappa shape index (κ3) is 2.68. The molecule has 1 atom stereocenters. The molecule has 2 aromatic rings. The van der Waals surface area contributed by atoms with Crippen LogP contribution in [0.1, 0.15) is 17.7 Å². The zero-order valence-corrected chi connectivity index (χ0v) is 14.1. The number of guanidine groups is 1. The third-order valence-electron chi connectivity index (χ3n) is 4.40. The predicted octanol–water partition coefficient (Wildman–Crippen LogP) is 1.52. The molecule has 0 spiro atoms. The molecule has 0 bridgehead atoms. The summed E-state index contributed by atoms with van der Waals surface area (Å²) >= 11 is 0. The predicted molar refractivity (Wildman–Crippen MR) is 94.2 cm³/mol. The highest BCUT2D eigenvalue weighted by Gasteiger charge is 2.40. The van der Waals surface area contributed by atoms with E-state index in [9.17, 15) is 4.79 Å². The SMILES string of the molecule is C=C[C@@]1(c2cc(-c3cccc(C#N)c3)nn2C)CC(=O)N(C)C(N)=N1. The Kier molecular flexibility index (Phi) is 3.89. The van der Waals surface area contributed by atoms with Gasteiger partial charge in [0.25, 0.3) is 0 Å². The zero-order chi connectivity index (χ0) is 18.2. The van der Waals surface area contributed by atoms with Gasteiger partial charge in [0.15, 0.2) is 5.96 Å². The van der Waals surface area contributed by atoms with Gasteiger partial charge in [-0.25, -0.2) is 4.99 Å². The van der Waals surface area contributed by atoms with Crippen molar-refractivity contribution in [3.05, 3.63) is 54.2 Å². The van der Waals surface area contributed by atoms with Gasteiger partial charge in [-0.1, -0.05) is 18.2 Å². The summed E-state index contributed by atoms with van der Waals surface area (Å²) in [7, 11) is 3.38. The van der Waals surface area contributed by atoms with Crippen LogP contribution in [0.25, 0.3) is 11.3 Å². The Morgan fingerprint density at radius 3 is 2.80 bits per heavy atom. The van der Waals surface area contributed by atoms with Crippen LogP contribution in [0.4, 0.5) is 0 Å². The molecule has 1 aromatic carbocycles. The molecule has 1 aliphatic rings. The van der Waals surface area contributed by atoms with Crippen LogP contribution in [0.15, 0.2) is 48.0 Å². The van der Waals surface area contributed by atoms with Crippen LogP contribution in [-0.2, 0) is 17.4 Å². The Balaban J connectivity index is 2.12. The topological polar surface area (TPSA) is 100 Å². The summed E-state index contributed by atoms with van der Waals surface area (Å²) < 4.78 is 1.67. The van der Waals surface area contributed by atoms with E-state index in [1.807, 2.05) is 12.1 Å². The summed E-state index contributed by atoms with van der Waals surface area (Å²) in [4.78, 5) is 18.1. The molecule has 3 rings (SSSR count). The molecule has 7 heteroatoms. The number of hydrogen-bond acceptors (Lipinski definition) is 5. The lowest BCUT2D eigenvalue weighted by molar-refractivity contribution is -0.128. The highest BCUT2D eigenvalue weighted by Crippen LogP contribution is 2.36. The molecule has 1 aromatic heterocycles. The fraction of sp³-hybridized carbons (Fsp3) is 0.222. The molecular weight excluding hydrogens is 316 g/mol. The van der Waals surface area contributed by atoms with Crippen molar-refractivity contribution < 1.29 is 4.79 Å². The number of aryl methyl sites for hydroxylation is 1. The number of amides is 1. The number of rotatable bonds is 3. The number of nitrogens with zero attached hydrogens (tertiary/aromatic N) is 5. The summed E-state index contributed by atoms with van der Waals surface area (Å²) in [5, 5.41) is 13.6. The minimum absolute atomic E-state index is 0.130. The smallest absolute Gasteiger partial charge is 0.232 e. The molecule has 0 unspecified atom stereocenters. The lowest BCUT2D eigenvalue weighted by Crippen LogP contribution is -2.48. The van der Waals surface area contributed by atoms with E-state index in [4.69, 9.17) is 11.0 Å². The van der Waals surface area contributed by atoms with Crippen molar-refractivity contribution in [2.75, 3.05) is 7.05 Å². The number of nitrogens with two attached hydrogens (primary N) is 1. The number of nitriles is 1. The standard InChI is InChI=1S/C18H18N6O/c1-4-18(10-16(25)23(2)17(20)21-18)15-9-14(22-24(15)3)13-7-5-6-12(8-13)11-19/h4-9H,1,10H2,2-3H3,(H2,20,21)/t18-/m0/s1. The van der Waals surface area contributed by atoms with E-state index < -0.39 is 5.54 Å². The molecule has 2 N–H and O–H groups in total. The molecular formula is C18H18N6O. The van der Waals surface area contributed by atoms with Crippen LogP contribution in [-0.4, -0.2) is 33.6 Å². The van der Waals surface area contributed by atoms with Crippen molar-refractivity contribution >= 4 is 11.9 Å². The maximum atomic E-state index is 12.3. The van der Waals surface area contributed by atoms with Crippen molar-refractivity contribution in [2.45, 2.75) is 12.0 Å². The first-order chi connectivity index (χ1) is 11.9. The van der Waals surface area contributed by atoms with Gasteiger partial charge in [0.1, 0.15) is 5.54 Å². The second kappa shape index (κ2) is 5.91. The first-order valence-corrected chi connectivity index (χ1v) is 7.71. The first kappa shape index (κ1) is 16.5. The van der Waals surface area contributed by atoms with E-state index in [1.165, 1.54) is 4.90 Å². The monoisotopic (exact) mass is 334 g/mol. The van der Waals surface area contributed by atoms with Crippen molar-refractivity contribution in [3.8, 4) is 17.3 Å². The van der Waals surface area contributed by atoms with E-state index in [2.05, 4.69) is 22.7 Å². The van der Waals surface area contributed by atoms with Gasteiger partial charge in [-0.05, 0) is 18.2 Å². The summed E-state index contributed by atoms with van der Waals surface area (Å²) in [6.45, 7) is 3.86. The van der Waals surface area contributed by atoms with Crippen LogP contribution >= 0.6 is 0 Å². The molecule has 0 saturated carbocycles. The Morgan fingerprint density at radius 2 is 2.16 bits per heavy atom. The van der Waals surface area contributed by atoms with Gasteiger partial charge in [0, 0.05) is 19.7 Å². The largest absolute Gasteiger partial charge is 0.369 e. The van der Waals surface area contributed by atoms with Gasteiger partial charge in [-0.2, -0.15) is 10.4 Å². The average Bonchev–Trinajstić information content (AvgIpc) is 3.01. The van der Waals surface area contributed by atoms with Crippen molar-refractivity contribution in [1.82, 2.24) is 14.7 Å². The van der Waals surface area contributed by atoms with Crippen molar-refractivity contribution in [3.63, 3.8) is 0 Å². The summed E-state index contributed by atoms with van der Waals surface area (Å²) in [5.74, 6) is 0.00649. The second-order valence-electron chi connectivity index (χ2n) is 5.96. The highest BCUT2D eigenvalue weighted by molar-refractivity contribution is 5.99. The number of aromatic nitrogens is 2. The Morgan fingerprint density at radius 1 is 1.40 bits per heavy atom. The molecule has 1 amide bonds. The lowest BCUT2D eigenvalue weighted by atomic mass is 9.89. The number of carbonyl (C=O) groups is 1. The fourth-order valence-electron chi connectivity index (χ4n) is 2.93. The molecule has 1 aliphatic heterocycles. The van der Waals surface area contributed by atoms with Crippen molar-refractivity contribution in [2.24, 2.45) is 17.8 Å². The molecule has 126 valence electrons. The zero-order valence-electron chi connectivity index (χ0n) is 14.1. The maximum Gasteiger partial charge on any atom is 0.232 e. The van der Waals surface area contributed by atoms with Crippen LogP contribution in [0.2, 0.25) is 0 Å². The van der Waals surface area contributed by atoms with Crippen LogP contribution in [0.3, 0.4) is 0 Å². The number of hydrogen-bond donors (Lipinski definition) is 1. The number of benzene rings is 1. The molecule has 2 heterocycles. The molecule has 0 saturated heterocycles. The quantitative estimate of drug-likeness (QED) is 0.860. The van der Waals surface area contributed by atoms with Gasteiger partial charge in [-0.3, -0.25) is 14.4 Å². The fourth-order valence-corrected chi connectivity index (χ4v) is 2.93.